The smallest absolute Gasteiger partial charge is 0.331 e. The molecule has 0 saturated heterocycles. The molecule has 0 radical (unpaired) electrons. The Hall–Kier alpha value is -1.73. The molecule has 0 aromatic rings. The van der Waals surface area contributed by atoms with Gasteiger partial charge in [0.15, 0.2) is 11.8 Å². The zero-order valence-electron chi connectivity index (χ0n) is 28.9. The third-order valence-electron chi connectivity index (χ3n) is 14.7. The van der Waals surface area contributed by atoms with Crippen LogP contribution in [-0.4, -0.2) is 47.6 Å². The summed E-state index contributed by atoms with van der Waals surface area (Å²) in [5.74, 6) is -0.0771. The van der Waals surface area contributed by atoms with E-state index >= 15 is 0 Å². The average Bonchev–Trinajstić information content (AvgIpc) is 2.95. The monoisotopic (exact) mass is 612 g/mol. The van der Waals surface area contributed by atoms with Crippen molar-refractivity contribution in [2.75, 3.05) is 13.7 Å². The first-order chi connectivity index (χ1) is 20.4. The number of allylic oxidation sites excluding steroid dienone is 2. The lowest BCUT2D eigenvalue weighted by atomic mass is 9.33. The number of hydrogen-bond acceptors (Lipinski definition) is 6. The van der Waals surface area contributed by atoms with E-state index in [1.807, 2.05) is 6.92 Å². The highest BCUT2D eigenvalue weighted by Gasteiger charge is 2.69. The maximum atomic E-state index is 14.6. The number of carbonyl (C=O) groups is 3. The number of hydrogen-bond donors (Lipinski definition) is 2. The second-order valence-corrected chi connectivity index (χ2v) is 17.6. The van der Waals surface area contributed by atoms with Crippen LogP contribution in [0.4, 0.5) is 0 Å². The Morgan fingerprint density at radius 1 is 1.00 bits per heavy atom. The number of hydroxylamine groups is 2. The van der Waals surface area contributed by atoms with E-state index in [-0.39, 0.29) is 38.9 Å². The van der Waals surface area contributed by atoms with Gasteiger partial charge in [-0.2, -0.15) is 0 Å². The van der Waals surface area contributed by atoms with Crippen LogP contribution in [0.25, 0.3) is 0 Å². The number of amides is 1. The predicted octanol–water partition coefficient (Wildman–Crippen LogP) is 7.25. The number of rotatable bonds is 7. The summed E-state index contributed by atoms with van der Waals surface area (Å²) in [4.78, 5) is 41.3. The molecule has 4 saturated carbocycles. The molecule has 0 heterocycles. The van der Waals surface area contributed by atoms with E-state index in [1.54, 1.807) is 0 Å². The third kappa shape index (κ3) is 4.84. The number of ether oxygens (including phenoxy) is 1. The van der Waals surface area contributed by atoms with Gasteiger partial charge in [-0.1, -0.05) is 60.5 Å². The molecule has 44 heavy (non-hydrogen) atoms. The summed E-state index contributed by atoms with van der Waals surface area (Å²) in [5.41, 5.74) is 6.05. The number of esters is 1. The van der Waals surface area contributed by atoms with Crippen LogP contribution in [0.3, 0.4) is 0 Å². The first-order valence-corrected chi connectivity index (χ1v) is 17.5. The Kier molecular flexibility index (Phi) is 8.57. The van der Waals surface area contributed by atoms with Crippen LogP contribution in [0.2, 0.25) is 0 Å². The first kappa shape index (κ1) is 33.6. The molecule has 5 aliphatic rings. The molecule has 9 atom stereocenters. The average molecular weight is 613 g/mol. The Morgan fingerprint density at radius 2 is 1.68 bits per heavy atom. The van der Waals surface area contributed by atoms with Crippen LogP contribution in [0.15, 0.2) is 11.6 Å². The SMILES string of the molecule is COC(=O)[C@H](CCCCN)N(O)C(=O)C1(C)CC[C@]2(C)CC[C@]3(C)C(=CC(=O)C4[C@@]5(C)CCCC(C)(C)C5CC[C@]43C)[C@@H]2C1. The van der Waals surface area contributed by atoms with Crippen molar-refractivity contribution in [3.05, 3.63) is 11.6 Å². The quantitative estimate of drug-likeness (QED) is 0.136. The third-order valence-corrected chi connectivity index (χ3v) is 14.7. The molecule has 5 aliphatic carbocycles. The van der Waals surface area contributed by atoms with Crippen LogP contribution in [0.1, 0.15) is 132 Å². The lowest BCUT2D eigenvalue weighted by Crippen LogP contribution is -2.65. The molecule has 5 rings (SSSR count). The summed E-state index contributed by atoms with van der Waals surface area (Å²) >= 11 is 0. The molecule has 0 spiro atoms. The number of carbonyl (C=O) groups excluding carboxylic acids is 3. The second kappa shape index (κ2) is 11.2. The van der Waals surface area contributed by atoms with E-state index in [0.717, 1.165) is 32.1 Å². The lowest BCUT2D eigenvalue weighted by molar-refractivity contribution is -0.202. The first-order valence-electron chi connectivity index (χ1n) is 17.5. The highest BCUT2D eigenvalue weighted by Crippen LogP contribution is 2.75. The van der Waals surface area contributed by atoms with Crippen molar-refractivity contribution in [2.24, 2.45) is 56.0 Å². The number of ketones is 1. The molecule has 0 aliphatic heterocycles. The van der Waals surface area contributed by atoms with Crippen LogP contribution >= 0.6 is 0 Å². The maximum Gasteiger partial charge on any atom is 0.331 e. The van der Waals surface area contributed by atoms with Crippen LogP contribution in [0.5, 0.6) is 0 Å². The van der Waals surface area contributed by atoms with E-state index in [9.17, 15) is 19.6 Å². The van der Waals surface area contributed by atoms with Gasteiger partial charge in [-0.25, -0.2) is 9.86 Å². The van der Waals surface area contributed by atoms with Gasteiger partial charge in [0.25, 0.3) is 5.91 Å². The Morgan fingerprint density at radius 3 is 2.34 bits per heavy atom. The van der Waals surface area contributed by atoms with Gasteiger partial charge in [0.2, 0.25) is 0 Å². The Balaban J connectivity index is 1.49. The molecule has 3 unspecified atom stereocenters. The number of unbranched alkanes of at least 4 members (excludes halogenated alkanes) is 1. The fourth-order valence-electron chi connectivity index (χ4n) is 11.8. The molecular weight excluding hydrogens is 552 g/mol. The molecular formula is C37H60N2O5. The molecule has 3 N–H and O–H groups in total. The number of nitrogens with two attached hydrogens (primary N) is 1. The van der Waals surface area contributed by atoms with Gasteiger partial charge < -0.3 is 10.5 Å². The van der Waals surface area contributed by atoms with E-state index in [4.69, 9.17) is 10.5 Å². The van der Waals surface area contributed by atoms with E-state index in [0.29, 0.717) is 55.4 Å². The van der Waals surface area contributed by atoms with Gasteiger partial charge in [-0.15, -0.1) is 0 Å². The summed E-state index contributed by atoms with van der Waals surface area (Å²) in [6.07, 6.45) is 13.6. The largest absolute Gasteiger partial charge is 0.467 e. The van der Waals surface area contributed by atoms with Gasteiger partial charge in [0.1, 0.15) is 0 Å². The van der Waals surface area contributed by atoms with Gasteiger partial charge in [-0.05, 0) is 129 Å². The lowest BCUT2D eigenvalue weighted by Gasteiger charge is -2.70. The normalized spacial score (nSPS) is 43.4. The van der Waals surface area contributed by atoms with Gasteiger partial charge in [0.05, 0.1) is 7.11 Å². The highest BCUT2D eigenvalue weighted by molar-refractivity contribution is 5.96. The molecule has 248 valence electrons. The fourth-order valence-corrected chi connectivity index (χ4v) is 11.8. The zero-order valence-corrected chi connectivity index (χ0v) is 28.9. The van der Waals surface area contributed by atoms with Crippen LogP contribution in [0, 0.1) is 50.2 Å². The van der Waals surface area contributed by atoms with Crippen molar-refractivity contribution >= 4 is 17.7 Å². The maximum absolute atomic E-state index is 14.6. The molecule has 7 heteroatoms. The fraction of sp³-hybridized carbons (Fsp3) is 0.865. The summed E-state index contributed by atoms with van der Waals surface area (Å²) in [5, 5.41) is 11.9. The van der Waals surface area contributed by atoms with E-state index in [1.165, 1.54) is 31.9 Å². The minimum Gasteiger partial charge on any atom is -0.467 e. The molecule has 0 aromatic heterocycles. The van der Waals surface area contributed by atoms with Crippen molar-refractivity contribution in [2.45, 2.75) is 138 Å². The standard InChI is InChI=1S/C37H60N2O5/c1-32(2)14-11-15-35(5)28(32)13-16-37(7)29(35)27(40)22-24-25-23-34(4,18-17-33(25,3)19-20-36(24,37)6)31(42)39(43)26(30(41)44-8)12-9-10-21-38/h22,25-26,28-29,43H,9-21,23,38H2,1-8H3/t25-,26-,28?,29?,33+,34?,35-,36+,37+/m0/s1. The van der Waals surface area contributed by atoms with E-state index in [2.05, 4.69) is 47.6 Å². The van der Waals surface area contributed by atoms with Gasteiger partial charge in [-0.3, -0.25) is 14.8 Å². The summed E-state index contributed by atoms with van der Waals surface area (Å²) < 4.78 is 4.98. The molecule has 0 aromatic carbocycles. The molecule has 1 amide bonds. The Bertz CT molecular complexity index is 1210. The van der Waals surface area contributed by atoms with Crippen LogP contribution < -0.4 is 5.73 Å². The minimum atomic E-state index is -1.05. The Labute approximate surface area is 266 Å². The number of nitrogens with zero attached hydrogens (tertiary/aromatic N) is 1. The summed E-state index contributed by atoms with van der Waals surface area (Å²) in [6.45, 7) is 16.9. The van der Waals surface area contributed by atoms with Gasteiger partial charge in [0, 0.05) is 11.3 Å². The topological polar surface area (TPSA) is 110 Å². The molecule has 0 bridgehead atoms. The number of methoxy groups -OCH3 is 1. The predicted molar refractivity (Wildman–Crippen MR) is 171 cm³/mol. The highest BCUT2D eigenvalue weighted by atomic mass is 16.5. The number of fused-ring (bicyclic) bond motifs is 7. The van der Waals surface area contributed by atoms with E-state index < -0.39 is 23.3 Å². The molecule has 4 fully saturated rings. The van der Waals surface area contributed by atoms with Crippen molar-refractivity contribution < 1.29 is 24.3 Å². The summed E-state index contributed by atoms with van der Waals surface area (Å²) in [7, 11) is 1.29. The van der Waals surface area contributed by atoms with Crippen LogP contribution in [-0.2, 0) is 19.1 Å². The summed E-state index contributed by atoms with van der Waals surface area (Å²) in [6, 6.07) is -1.05. The zero-order chi connectivity index (χ0) is 32.5. The minimum absolute atomic E-state index is 0.00113. The van der Waals surface area contributed by atoms with Gasteiger partial charge >= 0.3 is 5.97 Å². The molecule has 7 nitrogen and oxygen atoms in total. The van der Waals surface area contributed by atoms with Crippen molar-refractivity contribution in [1.82, 2.24) is 5.06 Å². The van der Waals surface area contributed by atoms with Crippen molar-refractivity contribution in [3.8, 4) is 0 Å². The second-order valence-electron chi connectivity index (χ2n) is 17.6. The van der Waals surface area contributed by atoms with Crippen molar-refractivity contribution in [1.29, 1.82) is 0 Å². The van der Waals surface area contributed by atoms with Crippen molar-refractivity contribution in [3.63, 3.8) is 0 Å².